The standard InChI is InChI=1S/C8H13NO2/c1-6-4-9(8(10)11-6)5-7-2-3-7/h6-7H,2-5H2,1H3. The number of ether oxygens (including phenoxy) is 1. The van der Waals surface area contributed by atoms with Gasteiger partial charge in [-0.25, -0.2) is 4.79 Å². The fraction of sp³-hybridized carbons (Fsp3) is 0.875. The number of cyclic esters (lactones) is 1. The molecule has 0 bridgehead atoms. The first kappa shape index (κ1) is 6.95. The molecule has 1 heterocycles. The molecule has 3 heteroatoms. The highest BCUT2D eigenvalue weighted by Gasteiger charge is 2.33. The van der Waals surface area contributed by atoms with Crippen LogP contribution in [0.4, 0.5) is 4.79 Å². The highest BCUT2D eigenvalue weighted by atomic mass is 16.6. The van der Waals surface area contributed by atoms with Crippen molar-refractivity contribution in [3.63, 3.8) is 0 Å². The molecule has 0 aromatic carbocycles. The topological polar surface area (TPSA) is 29.5 Å². The van der Waals surface area contributed by atoms with E-state index in [0.717, 1.165) is 19.0 Å². The molecule has 2 rings (SSSR count). The molecule has 62 valence electrons. The van der Waals surface area contributed by atoms with Crippen molar-refractivity contribution in [2.24, 2.45) is 5.92 Å². The Hall–Kier alpha value is -0.730. The molecule has 1 amide bonds. The van der Waals surface area contributed by atoms with Crippen LogP contribution in [0.2, 0.25) is 0 Å². The quantitative estimate of drug-likeness (QED) is 0.600. The van der Waals surface area contributed by atoms with Crippen LogP contribution in [0.5, 0.6) is 0 Å². The Bertz CT molecular complexity index is 177. The van der Waals surface area contributed by atoms with Gasteiger partial charge in [-0.3, -0.25) is 0 Å². The van der Waals surface area contributed by atoms with Crippen LogP contribution in [-0.2, 0) is 4.74 Å². The predicted octanol–water partition coefficient (Wildman–Crippen LogP) is 1.24. The van der Waals surface area contributed by atoms with Crippen molar-refractivity contribution in [2.45, 2.75) is 25.9 Å². The second-order valence-corrected chi connectivity index (χ2v) is 3.54. The summed E-state index contributed by atoms with van der Waals surface area (Å²) in [4.78, 5) is 12.9. The molecule has 2 aliphatic rings. The molecule has 1 aliphatic carbocycles. The van der Waals surface area contributed by atoms with E-state index in [1.165, 1.54) is 12.8 Å². The van der Waals surface area contributed by atoms with Gasteiger partial charge in [0.15, 0.2) is 0 Å². The molecule has 1 unspecified atom stereocenters. The van der Waals surface area contributed by atoms with Gasteiger partial charge in [-0.05, 0) is 25.7 Å². The van der Waals surface area contributed by atoms with Crippen LogP contribution in [0.1, 0.15) is 19.8 Å². The average molecular weight is 155 g/mol. The maximum atomic E-state index is 11.1. The Balaban J connectivity index is 1.87. The summed E-state index contributed by atoms with van der Waals surface area (Å²) in [5, 5.41) is 0. The molecule has 0 radical (unpaired) electrons. The van der Waals surface area contributed by atoms with Gasteiger partial charge in [0.05, 0.1) is 6.54 Å². The van der Waals surface area contributed by atoms with Crippen LogP contribution in [0.3, 0.4) is 0 Å². The van der Waals surface area contributed by atoms with Crippen molar-refractivity contribution in [1.82, 2.24) is 4.90 Å². The molecule has 1 saturated carbocycles. The molecule has 3 nitrogen and oxygen atoms in total. The number of amides is 1. The Kier molecular flexibility index (Phi) is 1.51. The second kappa shape index (κ2) is 2.40. The number of carbonyl (C=O) groups excluding carboxylic acids is 1. The summed E-state index contributed by atoms with van der Waals surface area (Å²) in [6.45, 7) is 3.64. The van der Waals surface area contributed by atoms with E-state index >= 15 is 0 Å². The Morgan fingerprint density at radius 2 is 2.36 bits per heavy atom. The van der Waals surface area contributed by atoms with Gasteiger partial charge in [0.1, 0.15) is 6.10 Å². The van der Waals surface area contributed by atoms with Crippen LogP contribution < -0.4 is 0 Å². The van der Waals surface area contributed by atoms with E-state index in [1.807, 2.05) is 11.8 Å². The molecule has 11 heavy (non-hydrogen) atoms. The molecule has 1 atom stereocenters. The minimum atomic E-state index is -0.121. The number of hydrogen-bond donors (Lipinski definition) is 0. The predicted molar refractivity (Wildman–Crippen MR) is 40.2 cm³/mol. The van der Waals surface area contributed by atoms with Gasteiger partial charge in [0, 0.05) is 6.54 Å². The third-order valence-corrected chi connectivity index (χ3v) is 2.21. The lowest BCUT2D eigenvalue weighted by molar-refractivity contribution is 0.138. The third kappa shape index (κ3) is 1.47. The number of nitrogens with zero attached hydrogens (tertiary/aromatic N) is 1. The van der Waals surface area contributed by atoms with Crippen LogP contribution in [-0.4, -0.2) is 30.2 Å². The molecule has 0 N–H and O–H groups in total. The summed E-state index contributed by atoms with van der Waals surface area (Å²) in [6, 6.07) is 0. The Morgan fingerprint density at radius 1 is 1.64 bits per heavy atom. The van der Waals surface area contributed by atoms with E-state index in [0.29, 0.717) is 0 Å². The molecule has 0 spiro atoms. The highest BCUT2D eigenvalue weighted by Crippen LogP contribution is 2.30. The lowest BCUT2D eigenvalue weighted by Gasteiger charge is -2.10. The summed E-state index contributed by atoms with van der Waals surface area (Å²) in [5.74, 6) is 0.771. The van der Waals surface area contributed by atoms with Crippen molar-refractivity contribution in [3.05, 3.63) is 0 Å². The smallest absolute Gasteiger partial charge is 0.410 e. The van der Waals surface area contributed by atoms with Gasteiger partial charge in [0.2, 0.25) is 0 Å². The summed E-state index contributed by atoms with van der Waals surface area (Å²) in [7, 11) is 0. The lowest BCUT2D eigenvalue weighted by atomic mass is 10.3. The van der Waals surface area contributed by atoms with Gasteiger partial charge in [0.25, 0.3) is 0 Å². The van der Waals surface area contributed by atoms with Gasteiger partial charge in [-0.1, -0.05) is 0 Å². The number of carbonyl (C=O) groups is 1. The maximum Gasteiger partial charge on any atom is 0.410 e. The fourth-order valence-corrected chi connectivity index (χ4v) is 1.43. The van der Waals surface area contributed by atoms with Crippen LogP contribution in [0, 0.1) is 5.92 Å². The van der Waals surface area contributed by atoms with Crippen LogP contribution >= 0.6 is 0 Å². The van der Waals surface area contributed by atoms with Crippen molar-refractivity contribution in [2.75, 3.05) is 13.1 Å². The summed E-state index contributed by atoms with van der Waals surface area (Å²) >= 11 is 0. The minimum absolute atomic E-state index is 0.0984. The summed E-state index contributed by atoms with van der Waals surface area (Å²) in [6.07, 6.45) is 2.56. The molecule has 0 aromatic heterocycles. The highest BCUT2D eigenvalue weighted by molar-refractivity contribution is 5.69. The van der Waals surface area contributed by atoms with Crippen molar-refractivity contribution >= 4 is 6.09 Å². The second-order valence-electron chi connectivity index (χ2n) is 3.54. The summed E-state index contributed by atoms with van der Waals surface area (Å²) in [5.41, 5.74) is 0. The average Bonchev–Trinajstić information content (AvgIpc) is 2.64. The molecular weight excluding hydrogens is 142 g/mol. The summed E-state index contributed by atoms with van der Waals surface area (Å²) < 4.78 is 4.99. The van der Waals surface area contributed by atoms with Crippen molar-refractivity contribution in [1.29, 1.82) is 0 Å². The molecule has 1 saturated heterocycles. The minimum Gasteiger partial charge on any atom is -0.445 e. The van der Waals surface area contributed by atoms with Gasteiger partial charge in [-0.2, -0.15) is 0 Å². The van der Waals surface area contributed by atoms with Gasteiger partial charge >= 0.3 is 6.09 Å². The molecular formula is C8H13NO2. The van der Waals surface area contributed by atoms with Crippen molar-refractivity contribution < 1.29 is 9.53 Å². The van der Waals surface area contributed by atoms with E-state index in [2.05, 4.69) is 0 Å². The lowest BCUT2D eigenvalue weighted by Crippen LogP contribution is -2.26. The zero-order valence-electron chi connectivity index (χ0n) is 6.75. The van der Waals surface area contributed by atoms with Gasteiger partial charge < -0.3 is 9.64 Å². The largest absolute Gasteiger partial charge is 0.445 e. The maximum absolute atomic E-state index is 11.1. The first-order valence-electron chi connectivity index (χ1n) is 4.21. The fourth-order valence-electron chi connectivity index (χ4n) is 1.43. The van der Waals surface area contributed by atoms with E-state index in [9.17, 15) is 4.79 Å². The first-order chi connectivity index (χ1) is 5.25. The molecule has 2 fully saturated rings. The zero-order chi connectivity index (χ0) is 7.84. The number of hydrogen-bond acceptors (Lipinski definition) is 2. The van der Waals surface area contributed by atoms with Gasteiger partial charge in [-0.15, -0.1) is 0 Å². The van der Waals surface area contributed by atoms with Crippen LogP contribution in [0.25, 0.3) is 0 Å². The van der Waals surface area contributed by atoms with E-state index < -0.39 is 0 Å². The molecule has 0 aromatic rings. The molecule has 1 aliphatic heterocycles. The zero-order valence-corrected chi connectivity index (χ0v) is 6.75. The Labute approximate surface area is 66.3 Å². The van der Waals surface area contributed by atoms with E-state index in [4.69, 9.17) is 4.74 Å². The normalized spacial score (nSPS) is 30.8. The van der Waals surface area contributed by atoms with Crippen molar-refractivity contribution in [3.8, 4) is 0 Å². The van der Waals surface area contributed by atoms with E-state index in [-0.39, 0.29) is 12.2 Å². The number of rotatable bonds is 2. The van der Waals surface area contributed by atoms with Crippen LogP contribution in [0.15, 0.2) is 0 Å². The SMILES string of the molecule is CC1CN(CC2CC2)C(=O)O1. The monoisotopic (exact) mass is 155 g/mol. The first-order valence-corrected chi connectivity index (χ1v) is 4.21. The third-order valence-electron chi connectivity index (χ3n) is 2.21. The Morgan fingerprint density at radius 3 is 2.82 bits per heavy atom. The van der Waals surface area contributed by atoms with E-state index in [1.54, 1.807) is 0 Å².